The quantitative estimate of drug-likeness (QED) is 0.674. The first-order valence-corrected chi connectivity index (χ1v) is 7.10. The summed E-state index contributed by atoms with van der Waals surface area (Å²) in [6, 6.07) is 15.0. The smallest absolute Gasteiger partial charge is 0.265 e. The van der Waals surface area contributed by atoms with Gasteiger partial charge in [-0.2, -0.15) is 10.1 Å². The fraction of sp³-hybridized carbons (Fsp3) is 0.118. The lowest BCUT2D eigenvalue weighted by Gasteiger charge is -2.14. The topological polar surface area (TPSA) is 82.0 Å². The van der Waals surface area contributed by atoms with Crippen molar-refractivity contribution in [2.45, 2.75) is 6.92 Å². The van der Waals surface area contributed by atoms with E-state index in [2.05, 4.69) is 10.4 Å². The molecule has 23 heavy (non-hydrogen) atoms. The lowest BCUT2D eigenvalue weighted by molar-refractivity contribution is -0.127. The van der Waals surface area contributed by atoms with Crippen molar-refractivity contribution in [3.05, 3.63) is 54.6 Å². The van der Waals surface area contributed by atoms with Crippen LogP contribution in [0.25, 0.3) is 0 Å². The number of amides is 2. The van der Waals surface area contributed by atoms with E-state index in [1.54, 1.807) is 43.3 Å². The van der Waals surface area contributed by atoms with E-state index in [4.69, 9.17) is 0 Å². The van der Waals surface area contributed by atoms with Crippen LogP contribution in [0.3, 0.4) is 0 Å². The summed E-state index contributed by atoms with van der Waals surface area (Å²) in [7, 11) is 0. The number of hydrogen-bond donors (Lipinski definition) is 2. The number of rotatable bonds is 3. The summed E-state index contributed by atoms with van der Waals surface area (Å²) in [6.07, 6.45) is 0. The summed E-state index contributed by atoms with van der Waals surface area (Å²) in [5.74, 6) is -1.68. The largest absolute Gasteiger partial charge is 0.508 e. The van der Waals surface area contributed by atoms with Crippen LogP contribution in [0, 0.1) is 5.92 Å². The molecule has 1 aliphatic rings. The van der Waals surface area contributed by atoms with E-state index >= 15 is 0 Å². The zero-order chi connectivity index (χ0) is 16.4. The highest BCUT2D eigenvalue weighted by Gasteiger charge is 2.39. The van der Waals surface area contributed by atoms with Crippen molar-refractivity contribution in [3.63, 3.8) is 0 Å². The molecule has 2 aromatic carbocycles. The average molecular weight is 309 g/mol. The highest BCUT2D eigenvalue weighted by atomic mass is 16.3. The van der Waals surface area contributed by atoms with Gasteiger partial charge in [0.15, 0.2) is 5.92 Å². The maximum atomic E-state index is 12.5. The number of benzene rings is 2. The molecule has 1 atom stereocenters. The Morgan fingerprint density at radius 1 is 1.13 bits per heavy atom. The van der Waals surface area contributed by atoms with E-state index < -0.39 is 11.8 Å². The van der Waals surface area contributed by atoms with Gasteiger partial charge in [-0.25, -0.2) is 0 Å². The number of nitrogens with one attached hydrogen (secondary N) is 1. The van der Waals surface area contributed by atoms with Gasteiger partial charge in [0.2, 0.25) is 5.91 Å². The fourth-order valence-corrected chi connectivity index (χ4v) is 2.38. The second-order valence-electron chi connectivity index (χ2n) is 5.20. The molecular formula is C17H15N3O3. The second-order valence-corrected chi connectivity index (χ2v) is 5.20. The van der Waals surface area contributed by atoms with Crippen LogP contribution in [-0.4, -0.2) is 22.6 Å². The summed E-state index contributed by atoms with van der Waals surface area (Å²) in [6.45, 7) is 1.65. The summed E-state index contributed by atoms with van der Waals surface area (Å²) < 4.78 is 0. The van der Waals surface area contributed by atoms with E-state index in [1.165, 1.54) is 17.1 Å². The van der Waals surface area contributed by atoms with Crippen LogP contribution in [0.4, 0.5) is 11.4 Å². The van der Waals surface area contributed by atoms with Crippen molar-refractivity contribution in [1.82, 2.24) is 0 Å². The molecule has 116 valence electrons. The summed E-state index contributed by atoms with van der Waals surface area (Å²) in [5, 5.41) is 17.4. The van der Waals surface area contributed by atoms with Crippen LogP contribution in [-0.2, 0) is 9.59 Å². The Morgan fingerprint density at radius 3 is 2.43 bits per heavy atom. The van der Waals surface area contributed by atoms with Crippen LogP contribution in [0.5, 0.6) is 5.75 Å². The number of phenolic OH excluding ortho intramolecular Hbond substituents is 1. The van der Waals surface area contributed by atoms with E-state index in [0.717, 1.165) is 0 Å². The first-order valence-electron chi connectivity index (χ1n) is 7.10. The van der Waals surface area contributed by atoms with Crippen molar-refractivity contribution in [2.75, 3.05) is 10.3 Å². The third-order valence-electron chi connectivity index (χ3n) is 3.53. The molecule has 0 bridgehead atoms. The number of phenols is 1. The number of hydrogen-bond acceptors (Lipinski definition) is 4. The molecular weight excluding hydrogens is 294 g/mol. The van der Waals surface area contributed by atoms with Gasteiger partial charge in [0.1, 0.15) is 5.75 Å². The summed E-state index contributed by atoms with van der Waals surface area (Å²) in [5.41, 5.74) is 1.57. The van der Waals surface area contributed by atoms with Gasteiger partial charge in [-0.15, -0.1) is 0 Å². The van der Waals surface area contributed by atoms with Gasteiger partial charge in [-0.3, -0.25) is 9.59 Å². The lowest BCUT2D eigenvalue weighted by atomic mass is 10.0. The third-order valence-corrected chi connectivity index (χ3v) is 3.53. The molecule has 2 N–H and O–H groups in total. The predicted octanol–water partition coefficient (Wildman–Crippen LogP) is 2.37. The van der Waals surface area contributed by atoms with Crippen LogP contribution >= 0.6 is 0 Å². The minimum absolute atomic E-state index is 0.105. The molecule has 0 aromatic heterocycles. The van der Waals surface area contributed by atoms with Crippen LogP contribution in [0.15, 0.2) is 59.7 Å². The highest BCUT2D eigenvalue weighted by Crippen LogP contribution is 2.25. The molecule has 0 saturated carbocycles. The zero-order valence-electron chi connectivity index (χ0n) is 12.4. The number of nitrogens with zero attached hydrogens (tertiary/aromatic N) is 2. The molecule has 1 aliphatic heterocycles. The van der Waals surface area contributed by atoms with Crippen molar-refractivity contribution in [3.8, 4) is 5.75 Å². The molecule has 0 spiro atoms. The molecule has 1 unspecified atom stereocenters. The Balaban J connectivity index is 1.78. The zero-order valence-corrected chi connectivity index (χ0v) is 12.4. The van der Waals surface area contributed by atoms with Crippen molar-refractivity contribution < 1.29 is 14.7 Å². The molecule has 6 nitrogen and oxygen atoms in total. The molecule has 0 fully saturated rings. The van der Waals surface area contributed by atoms with Crippen molar-refractivity contribution >= 4 is 28.9 Å². The maximum absolute atomic E-state index is 12.5. The first-order chi connectivity index (χ1) is 11.1. The fourth-order valence-electron chi connectivity index (χ4n) is 2.38. The molecule has 2 amide bonds. The molecule has 0 aliphatic carbocycles. The normalized spacial score (nSPS) is 17.1. The Labute approximate surface area is 133 Å². The van der Waals surface area contributed by atoms with Gasteiger partial charge in [0.25, 0.3) is 5.91 Å². The van der Waals surface area contributed by atoms with Crippen LogP contribution in [0.1, 0.15) is 6.92 Å². The minimum atomic E-state index is -0.955. The second kappa shape index (κ2) is 5.92. The minimum Gasteiger partial charge on any atom is -0.508 e. The standard InChI is InChI=1S/C17H15N3O3/c1-11-15(16(22)18-12-7-9-14(21)10-8-12)17(23)20(19-11)13-5-3-2-4-6-13/h2-10,15,21H,1H3,(H,18,22). The Bertz CT molecular complexity index is 769. The van der Waals surface area contributed by atoms with Gasteiger partial charge >= 0.3 is 0 Å². The van der Waals surface area contributed by atoms with E-state index in [-0.39, 0.29) is 11.7 Å². The van der Waals surface area contributed by atoms with Gasteiger partial charge in [0.05, 0.1) is 11.4 Å². The summed E-state index contributed by atoms with van der Waals surface area (Å²) >= 11 is 0. The number of hydrazone groups is 1. The van der Waals surface area contributed by atoms with Gasteiger partial charge in [0, 0.05) is 5.69 Å². The Morgan fingerprint density at radius 2 is 1.78 bits per heavy atom. The SMILES string of the molecule is CC1=NN(c2ccccc2)C(=O)C1C(=O)Nc1ccc(O)cc1. The van der Waals surface area contributed by atoms with Gasteiger partial charge in [-0.1, -0.05) is 18.2 Å². The number of anilines is 2. The van der Waals surface area contributed by atoms with E-state index in [9.17, 15) is 14.7 Å². The molecule has 0 saturated heterocycles. The number of para-hydroxylation sites is 1. The van der Waals surface area contributed by atoms with Crippen LogP contribution < -0.4 is 10.3 Å². The first kappa shape index (κ1) is 14.8. The van der Waals surface area contributed by atoms with E-state index in [0.29, 0.717) is 17.1 Å². The Hall–Kier alpha value is -3.15. The number of carbonyl (C=O) groups is 2. The van der Waals surface area contributed by atoms with Gasteiger partial charge in [-0.05, 0) is 43.3 Å². The lowest BCUT2D eigenvalue weighted by Crippen LogP contribution is -2.36. The van der Waals surface area contributed by atoms with Crippen molar-refractivity contribution in [1.29, 1.82) is 0 Å². The average Bonchev–Trinajstić information content (AvgIpc) is 2.85. The van der Waals surface area contributed by atoms with E-state index in [1.807, 2.05) is 6.07 Å². The van der Waals surface area contributed by atoms with Gasteiger partial charge < -0.3 is 10.4 Å². The van der Waals surface area contributed by atoms with Crippen molar-refractivity contribution in [2.24, 2.45) is 11.0 Å². The summed E-state index contributed by atoms with van der Waals surface area (Å²) in [4.78, 5) is 24.9. The molecule has 1 heterocycles. The molecule has 3 rings (SSSR count). The molecule has 0 radical (unpaired) electrons. The number of aromatic hydroxyl groups is 1. The highest BCUT2D eigenvalue weighted by molar-refractivity contribution is 6.28. The monoisotopic (exact) mass is 309 g/mol. The predicted molar refractivity (Wildman–Crippen MR) is 87.3 cm³/mol. The number of carbonyl (C=O) groups excluding carboxylic acids is 2. The third kappa shape index (κ3) is 2.91. The molecule has 6 heteroatoms. The maximum Gasteiger partial charge on any atom is 0.265 e. The molecule has 2 aromatic rings. The Kier molecular flexibility index (Phi) is 3.80. The van der Waals surface area contributed by atoms with Crippen LogP contribution in [0.2, 0.25) is 0 Å².